The first kappa shape index (κ1) is 19.4. The molecule has 28 heavy (non-hydrogen) atoms. The number of thiazole rings is 1. The highest BCUT2D eigenvalue weighted by Gasteiger charge is 2.13. The van der Waals surface area contributed by atoms with Gasteiger partial charge in [-0.05, 0) is 62.1 Å². The number of aromatic nitrogens is 1. The first-order valence-electron chi connectivity index (χ1n) is 8.78. The molecule has 5 heteroatoms. The maximum atomic E-state index is 13.3. The Balaban J connectivity index is 2.45. The molecule has 0 aliphatic heterocycles. The minimum Gasteiger partial charge on any atom is -0.267 e. The van der Waals surface area contributed by atoms with Crippen LogP contribution in [0.1, 0.15) is 27.8 Å². The molecule has 0 bridgehead atoms. The molecule has 2 aromatic carbocycles. The largest absolute Gasteiger partial charge is 0.273 e. The molecule has 4 nitrogen and oxygen atoms in total. The van der Waals surface area contributed by atoms with Crippen molar-refractivity contribution >= 4 is 23.0 Å². The van der Waals surface area contributed by atoms with Crippen LogP contribution in [0.3, 0.4) is 0 Å². The third-order valence-corrected chi connectivity index (χ3v) is 5.67. The van der Waals surface area contributed by atoms with Crippen molar-refractivity contribution in [2.24, 2.45) is 0 Å². The van der Waals surface area contributed by atoms with Gasteiger partial charge in [0.2, 0.25) is 0 Å². The number of aryl methyl sites for hydroxylation is 4. The predicted molar refractivity (Wildman–Crippen MR) is 113 cm³/mol. The van der Waals surface area contributed by atoms with Crippen molar-refractivity contribution in [3.63, 3.8) is 0 Å². The third-order valence-electron chi connectivity index (χ3n) is 4.58. The Bertz CT molecular complexity index is 1330. The topological polar surface area (TPSA) is 69.6 Å². The Labute approximate surface area is 167 Å². The number of nitrogens with zero attached hydrogens (tertiary/aromatic N) is 3. The summed E-state index contributed by atoms with van der Waals surface area (Å²) < 4.78 is 2.34. The number of hydrogen-bond acceptors (Lipinski definition) is 4. The van der Waals surface area contributed by atoms with Crippen LogP contribution < -0.4 is 14.8 Å². The Kier molecular flexibility index (Phi) is 5.31. The van der Waals surface area contributed by atoms with Gasteiger partial charge in [0.15, 0.2) is 5.57 Å². The van der Waals surface area contributed by atoms with Crippen molar-refractivity contribution in [1.29, 1.82) is 10.5 Å². The smallest absolute Gasteiger partial charge is 0.267 e. The van der Waals surface area contributed by atoms with Gasteiger partial charge in [-0.15, -0.1) is 11.3 Å². The number of nitriles is 2. The van der Waals surface area contributed by atoms with Crippen molar-refractivity contribution in [1.82, 2.24) is 4.57 Å². The fourth-order valence-corrected chi connectivity index (χ4v) is 4.12. The van der Waals surface area contributed by atoms with Crippen molar-refractivity contribution in [2.75, 3.05) is 0 Å². The first-order valence-corrected chi connectivity index (χ1v) is 9.60. The molecule has 0 unspecified atom stereocenters. The van der Waals surface area contributed by atoms with Gasteiger partial charge in [0.25, 0.3) is 5.56 Å². The number of benzene rings is 2. The zero-order valence-corrected chi connectivity index (χ0v) is 17.0. The molecule has 1 aromatic heterocycles. The Morgan fingerprint density at radius 1 is 0.964 bits per heavy atom. The second-order valence-corrected chi connectivity index (χ2v) is 7.84. The molecule has 0 amide bonds. The van der Waals surface area contributed by atoms with Crippen molar-refractivity contribution in [2.45, 2.75) is 27.7 Å². The summed E-state index contributed by atoms with van der Waals surface area (Å²) >= 11 is 1.17. The molecule has 1 heterocycles. The lowest BCUT2D eigenvalue weighted by molar-refractivity contribution is 0.972. The average Bonchev–Trinajstić information content (AvgIpc) is 2.97. The lowest BCUT2D eigenvalue weighted by Crippen LogP contribution is -2.31. The van der Waals surface area contributed by atoms with Crippen LogP contribution in [0.15, 0.2) is 41.2 Å². The van der Waals surface area contributed by atoms with Gasteiger partial charge in [0.05, 0.1) is 10.2 Å². The molecular formula is C23H19N3OS. The molecule has 0 saturated carbocycles. The van der Waals surface area contributed by atoms with Crippen molar-refractivity contribution < 1.29 is 0 Å². The van der Waals surface area contributed by atoms with Gasteiger partial charge in [-0.3, -0.25) is 9.36 Å². The molecule has 3 aromatic rings. The normalized spacial score (nSPS) is 11.1. The summed E-state index contributed by atoms with van der Waals surface area (Å²) in [5.41, 5.74) is 5.47. The number of hydrogen-bond donors (Lipinski definition) is 0. The van der Waals surface area contributed by atoms with Crippen LogP contribution in [-0.4, -0.2) is 4.57 Å². The highest BCUT2D eigenvalue weighted by molar-refractivity contribution is 7.07. The zero-order valence-electron chi connectivity index (χ0n) is 16.2. The summed E-state index contributed by atoms with van der Waals surface area (Å²) in [5, 5.41) is 18.8. The van der Waals surface area contributed by atoms with Gasteiger partial charge in [0.1, 0.15) is 16.8 Å². The summed E-state index contributed by atoms with van der Waals surface area (Å²) in [7, 11) is 0. The quantitative estimate of drug-likeness (QED) is 0.680. The van der Waals surface area contributed by atoms with E-state index < -0.39 is 0 Å². The van der Waals surface area contributed by atoms with Gasteiger partial charge in [-0.1, -0.05) is 35.9 Å². The molecule has 138 valence electrons. The number of rotatable bonds is 2. The van der Waals surface area contributed by atoms with Gasteiger partial charge in [0, 0.05) is 0 Å². The molecule has 0 spiro atoms. The van der Waals surface area contributed by atoms with Crippen LogP contribution in [0.5, 0.6) is 0 Å². The van der Waals surface area contributed by atoms with E-state index in [9.17, 15) is 15.3 Å². The van der Waals surface area contributed by atoms with Crippen LogP contribution in [0.25, 0.3) is 17.3 Å². The molecule has 0 fully saturated rings. The zero-order chi connectivity index (χ0) is 20.4. The molecule has 0 aliphatic carbocycles. The van der Waals surface area contributed by atoms with E-state index in [0.717, 1.165) is 27.8 Å². The van der Waals surface area contributed by atoms with E-state index >= 15 is 0 Å². The highest BCUT2D eigenvalue weighted by Crippen LogP contribution is 2.14. The molecule has 0 radical (unpaired) electrons. The van der Waals surface area contributed by atoms with E-state index in [0.29, 0.717) is 14.9 Å². The third kappa shape index (κ3) is 3.53. The maximum Gasteiger partial charge on any atom is 0.273 e. The molecule has 0 N–H and O–H groups in total. The lowest BCUT2D eigenvalue weighted by Gasteiger charge is -2.07. The van der Waals surface area contributed by atoms with Crippen LogP contribution in [-0.2, 0) is 0 Å². The second-order valence-electron chi connectivity index (χ2n) is 6.80. The predicted octanol–water partition coefficient (Wildman–Crippen LogP) is 3.16. The van der Waals surface area contributed by atoms with E-state index in [4.69, 9.17) is 0 Å². The summed E-state index contributed by atoms with van der Waals surface area (Å²) in [6, 6.07) is 15.7. The maximum absolute atomic E-state index is 13.3. The van der Waals surface area contributed by atoms with Crippen molar-refractivity contribution in [3.8, 4) is 17.8 Å². The molecule has 3 rings (SSSR count). The summed E-state index contributed by atoms with van der Waals surface area (Å²) in [4.78, 5) is 13.3. The molecule has 0 aliphatic rings. The van der Waals surface area contributed by atoms with E-state index in [1.54, 1.807) is 0 Å². The Morgan fingerprint density at radius 3 is 2.25 bits per heavy atom. The van der Waals surface area contributed by atoms with Gasteiger partial charge in [-0.25, -0.2) is 0 Å². The molecule has 0 saturated heterocycles. The lowest BCUT2D eigenvalue weighted by atomic mass is 10.1. The first-order chi connectivity index (χ1) is 13.3. The summed E-state index contributed by atoms with van der Waals surface area (Å²) in [5.74, 6) is 0. The standard InChI is InChI=1S/C23H19N3OS/c1-14-6-8-18(17(4)9-14)11-21-22(27)26(23(28-21)19(12-24)13-25)20-10-15(2)5-7-16(20)3/h5-11H,1-4H3/b21-11-. The monoisotopic (exact) mass is 385 g/mol. The minimum atomic E-state index is -0.225. The van der Waals surface area contributed by atoms with Crippen molar-refractivity contribution in [3.05, 3.63) is 83.8 Å². The minimum absolute atomic E-state index is 0.0664. The molecular weight excluding hydrogens is 366 g/mol. The fourth-order valence-electron chi connectivity index (χ4n) is 3.08. The van der Waals surface area contributed by atoms with Crippen LogP contribution in [0, 0.1) is 50.4 Å². The van der Waals surface area contributed by atoms with E-state index in [-0.39, 0.29) is 11.1 Å². The summed E-state index contributed by atoms with van der Waals surface area (Å²) in [6.45, 7) is 7.88. The van der Waals surface area contributed by atoms with E-state index in [1.165, 1.54) is 15.9 Å². The average molecular weight is 385 g/mol. The van der Waals surface area contributed by atoms with E-state index in [2.05, 4.69) is 6.07 Å². The summed E-state index contributed by atoms with van der Waals surface area (Å²) in [6.07, 6.45) is 1.83. The van der Waals surface area contributed by atoms with Crippen LogP contribution >= 0.6 is 11.3 Å². The SMILES string of the molecule is Cc1ccc(/C=c2\sc(=C(C#N)C#N)n(-c3cc(C)ccc3C)c2=O)c(C)c1. The molecule has 0 atom stereocenters. The van der Waals surface area contributed by atoms with Gasteiger partial charge < -0.3 is 0 Å². The Morgan fingerprint density at radius 2 is 1.61 bits per heavy atom. The van der Waals surface area contributed by atoms with Crippen LogP contribution in [0.4, 0.5) is 0 Å². The second kappa shape index (κ2) is 7.68. The van der Waals surface area contributed by atoms with E-state index in [1.807, 2.05) is 76.2 Å². The highest BCUT2D eigenvalue weighted by atomic mass is 32.1. The van der Waals surface area contributed by atoms with Crippen LogP contribution in [0.2, 0.25) is 0 Å². The van der Waals surface area contributed by atoms with Gasteiger partial charge >= 0.3 is 0 Å². The fraction of sp³-hybridized carbons (Fsp3) is 0.174. The Hall–Kier alpha value is -3.41. The van der Waals surface area contributed by atoms with Gasteiger partial charge in [-0.2, -0.15) is 10.5 Å².